The number of imide groups is 2. The van der Waals surface area contributed by atoms with E-state index in [1.54, 1.807) is 30.3 Å². The molecule has 4 rings (SSSR count). The number of amides is 4. The van der Waals surface area contributed by atoms with Gasteiger partial charge >= 0.3 is 6.03 Å². The van der Waals surface area contributed by atoms with Gasteiger partial charge in [0.2, 0.25) is 0 Å². The van der Waals surface area contributed by atoms with Crippen LogP contribution in [0.3, 0.4) is 0 Å². The molecule has 0 aliphatic carbocycles. The summed E-state index contributed by atoms with van der Waals surface area (Å²) < 4.78 is 3.91. The predicted molar refractivity (Wildman–Crippen MR) is 131 cm³/mol. The molecular formula is C23H17BrIN3O3. The Hall–Kier alpha value is -2.72. The molecule has 1 aromatic heterocycles. The van der Waals surface area contributed by atoms with E-state index in [4.69, 9.17) is 0 Å². The number of hydrogen-bond donors (Lipinski definition) is 1. The van der Waals surface area contributed by atoms with E-state index in [1.165, 1.54) is 0 Å². The van der Waals surface area contributed by atoms with E-state index in [9.17, 15) is 14.4 Å². The van der Waals surface area contributed by atoms with Crippen LogP contribution in [0, 0.1) is 17.4 Å². The van der Waals surface area contributed by atoms with Crippen LogP contribution in [0.4, 0.5) is 10.5 Å². The van der Waals surface area contributed by atoms with Gasteiger partial charge in [-0.05, 0) is 96.6 Å². The molecule has 0 radical (unpaired) electrons. The minimum atomic E-state index is -0.769. The zero-order valence-electron chi connectivity index (χ0n) is 16.6. The number of carbonyl (C=O) groups is 3. The van der Waals surface area contributed by atoms with Gasteiger partial charge in [-0.3, -0.25) is 14.9 Å². The van der Waals surface area contributed by atoms with Crippen LogP contribution < -0.4 is 10.2 Å². The minimum Gasteiger partial charge on any atom is -0.318 e. The molecule has 1 N–H and O–H groups in total. The Bertz CT molecular complexity index is 1260. The maximum absolute atomic E-state index is 13.1. The van der Waals surface area contributed by atoms with Crippen molar-refractivity contribution in [3.8, 4) is 5.69 Å². The van der Waals surface area contributed by atoms with Gasteiger partial charge in [0.05, 0.1) is 5.69 Å². The lowest BCUT2D eigenvalue weighted by molar-refractivity contribution is -0.122. The number of anilines is 1. The highest BCUT2D eigenvalue weighted by Gasteiger charge is 2.37. The summed E-state index contributed by atoms with van der Waals surface area (Å²) in [5, 5.41) is 2.26. The molecule has 2 aromatic carbocycles. The summed E-state index contributed by atoms with van der Waals surface area (Å²) in [4.78, 5) is 39.0. The molecule has 4 amide bonds. The Labute approximate surface area is 201 Å². The third-order valence-corrected chi connectivity index (χ3v) is 6.24. The number of hydrogen-bond acceptors (Lipinski definition) is 3. The fourth-order valence-electron chi connectivity index (χ4n) is 3.58. The molecule has 3 aromatic rings. The maximum atomic E-state index is 13.1. The minimum absolute atomic E-state index is 0.0950. The molecule has 31 heavy (non-hydrogen) atoms. The molecule has 1 fully saturated rings. The lowest BCUT2D eigenvalue weighted by Gasteiger charge is -2.26. The van der Waals surface area contributed by atoms with Crippen LogP contribution in [0.2, 0.25) is 0 Å². The fraction of sp³-hybridized carbons (Fsp3) is 0.0870. The van der Waals surface area contributed by atoms with E-state index in [1.807, 2.05) is 44.2 Å². The summed E-state index contributed by atoms with van der Waals surface area (Å²) in [6.07, 6.45) is 1.54. The number of barbiturate groups is 1. The van der Waals surface area contributed by atoms with Gasteiger partial charge in [0.1, 0.15) is 5.57 Å². The number of rotatable bonds is 3. The van der Waals surface area contributed by atoms with Crippen molar-refractivity contribution in [1.82, 2.24) is 9.88 Å². The topological polar surface area (TPSA) is 71.4 Å². The Morgan fingerprint density at radius 2 is 1.68 bits per heavy atom. The Kier molecular flexibility index (Phi) is 5.85. The van der Waals surface area contributed by atoms with E-state index in [0.29, 0.717) is 10.2 Å². The molecule has 0 bridgehead atoms. The second-order valence-corrected chi connectivity index (χ2v) is 9.24. The molecule has 156 valence electrons. The van der Waals surface area contributed by atoms with Gasteiger partial charge in [0.15, 0.2) is 0 Å². The van der Waals surface area contributed by atoms with Crippen molar-refractivity contribution in [3.63, 3.8) is 0 Å². The summed E-state index contributed by atoms with van der Waals surface area (Å²) in [7, 11) is 0. The van der Waals surface area contributed by atoms with E-state index in [0.717, 1.165) is 31.1 Å². The number of aromatic nitrogens is 1. The number of carbonyl (C=O) groups excluding carboxylic acids is 3. The summed E-state index contributed by atoms with van der Waals surface area (Å²) in [6, 6.07) is 16.0. The van der Waals surface area contributed by atoms with Crippen molar-refractivity contribution in [2.24, 2.45) is 0 Å². The summed E-state index contributed by atoms with van der Waals surface area (Å²) in [5.74, 6) is -1.37. The first-order valence-corrected chi connectivity index (χ1v) is 11.3. The highest BCUT2D eigenvalue weighted by Crippen LogP contribution is 2.27. The standard InChI is InChI=1S/C23H17BrIN3O3/c1-13-10-15(14(2)27(13)18-8-6-17(25)7-9-18)11-20-21(29)26-23(31)28(22(20)30)19-5-3-4-16(24)12-19/h3-12H,1-2H3,(H,26,29,31)/b20-11-. The average Bonchev–Trinajstić information content (AvgIpc) is 2.99. The lowest BCUT2D eigenvalue weighted by atomic mass is 10.1. The Balaban J connectivity index is 1.76. The summed E-state index contributed by atoms with van der Waals surface area (Å²) >= 11 is 5.60. The third kappa shape index (κ3) is 4.09. The monoisotopic (exact) mass is 589 g/mol. The summed E-state index contributed by atoms with van der Waals surface area (Å²) in [5.41, 5.74) is 3.86. The second-order valence-electron chi connectivity index (χ2n) is 7.08. The van der Waals surface area contributed by atoms with Crippen molar-refractivity contribution in [2.45, 2.75) is 13.8 Å². The van der Waals surface area contributed by atoms with Gasteiger partial charge < -0.3 is 4.57 Å². The molecule has 1 saturated heterocycles. The molecule has 2 heterocycles. The van der Waals surface area contributed by atoms with Crippen LogP contribution in [-0.2, 0) is 9.59 Å². The first kappa shape index (κ1) is 21.5. The first-order valence-electron chi connectivity index (χ1n) is 9.38. The lowest BCUT2D eigenvalue weighted by Crippen LogP contribution is -2.54. The van der Waals surface area contributed by atoms with Crippen LogP contribution >= 0.6 is 38.5 Å². The van der Waals surface area contributed by atoms with Crippen LogP contribution in [0.25, 0.3) is 11.8 Å². The number of nitrogens with one attached hydrogen (secondary N) is 1. The van der Waals surface area contributed by atoms with Gasteiger partial charge in [-0.1, -0.05) is 22.0 Å². The van der Waals surface area contributed by atoms with Gasteiger partial charge in [-0.15, -0.1) is 0 Å². The van der Waals surface area contributed by atoms with Crippen molar-refractivity contribution in [1.29, 1.82) is 0 Å². The van der Waals surface area contributed by atoms with Gasteiger partial charge in [-0.25, -0.2) is 9.69 Å². The average molecular weight is 590 g/mol. The van der Waals surface area contributed by atoms with Crippen LogP contribution in [0.15, 0.2) is 64.6 Å². The molecule has 1 aliphatic rings. The van der Waals surface area contributed by atoms with Crippen LogP contribution in [-0.4, -0.2) is 22.4 Å². The number of nitrogens with zero attached hydrogens (tertiary/aromatic N) is 2. The largest absolute Gasteiger partial charge is 0.335 e. The quantitative estimate of drug-likeness (QED) is 0.262. The number of benzene rings is 2. The highest BCUT2D eigenvalue weighted by molar-refractivity contribution is 14.1. The van der Waals surface area contributed by atoms with E-state index >= 15 is 0 Å². The molecule has 1 aliphatic heterocycles. The smallest absolute Gasteiger partial charge is 0.318 e. The fourth-order valence-corrected chi connectivity index (χ4v) is 4.33. The number of aryl methyl sites for hydroxylation is 1. The normalized spacial score (nSPS) is 15.5. The Morgan fingerprint density at radius 3 is 2.35 bits per heavy atom. The van der Waals surface area contributed by atoms with Gasteiger partial charge in [0.25, 0.3) is 11.8 Å². The molecule has 0 spiro atoms. The second kappa shape index (κ2) is 8.43. The molecule has 8 heteroatoms. The predicted octanol–water partition coefficient (Wildman–Crippen LogP) is 5.13. The molecule has 0 atom stereocenters. The maximum Gasteiger partial charge on any atom is 0.335 e. The van der Waals surface area contributed by atoms with E-state index in [-0.39, 0.29) is 5.57 Å². The zero-order valence-corrected chi connectivity index (χ0v) is 20.4. The van der Waals surface area contributed by atoms with Crippen LogP contribution in [0.1, 0.15) is 17.0 Å². The first-order chi connectivity index (χ1) is 14.8. The van der Waals surface area contributed by atoms with E-state index in [2.05, 4.69) is 48.4 Å². The van der Waals surface area contributed by atoms with Crippen molar-refractivity contribution in [2.75, 3.05) is 4.90 Å². The van der Waals surface area contributed by atoms with Crippen molar-refractivity contribution in [3.05, 3.63) is 85.2 Å². The highest BCUT2D eigenvalue weighted by atomic mass is 127. The number of urea groups is 1. The summed E-state index contributed by atoms with van der Waals surface area (Å²) in [6.45, 7) is 3.90. The molecular weight excluding hydrogens is 573 g/mol. The SMILES string of the molecule is Cc1cc(/C=C2/C(=O)NC(=O)N(c3cccc(Br)c3)C2=O)c(C)n1-c1ccc(I)cc1. The van der Waals surface area contributed by atoms with Crippen molar-refractivity contribution < 1.29 is 14.4 Å². The van der Waals surface area contributed by atoms with Crippen molar-refractivity contribution >= 4 is 68.1 Å². The van der Waals surface area contributed by atoms with Gasteiger partial charge in [0, 0.05) is 25.1 Å². The van der Waals surface area contributed by atoms with Gasteiger partial charge in [-0.2, -0.15) is 0 Å². The molecule has 0 saturated carbocycles. The molecule has 0 unspecified atom stereocenters. The third-order valence-electron chi connectivity index (χ3n) is 5.02. The zero-order chi connectivity index (χ0) is 22.3. The number of halogens is 2. The molecule has 6 nitrogen and oxygen atoms in total. The Morgan fingerprint density at radius 1 is 0.968 bits per heavy atom. The van der Waals surface area contributed by atoms with E-state index < -0.39 is 17.8 Å². The van der Waals surface area contributed by atoms with Crippen LogP contribution in [0.5, 0.6) is 0 Å².